The van der Waals surface area contributed by atoms with Gasteiger partial charge in [0.1, 0.15) is 6.61 Å². The molecule has 0 aromatic carbocycles. The van der Waals surface area contributed by atoms with Crippen molar-refractivity contribution in [1.29, 1.82) is 0 Å². The quantitative estimate of drug-likeness (QED) is 0.624. The van der Waals surface area contributed by atoms with Gasteiger partial charge in [-0.05, 0) is 32.9 Å². The van der Waals surface area contributed by atoms with Gasteiger partial charge in [0.15, 0.2) is 0 Å². The lowest BCUT2D eigenvalue weighted by molar-refractivity contribution is -0.181. The SMILES string of the molecule is C=NC(C)C(C)C1C=CC(OCC(F)(F)F)CC(C)N1. The van der Waals surface area contributed by atoms with Crippen LogP contribution < -0.4 is 5.32 Å². The molecule has 5 atom stereocenters. The van der Waals surface area contributed by atoms with Crippen molar-refractivity contribution in [3.8, 4) is 0 Å². The maximum Gasteiger partial charge on any atom is 0.411 e. The Hall–Kier alpha value is -0.880. The molecule has 0 radical (unpaired) electrons. The van der Waals surface area contributed by atoms with Crippen LogP contribution in [0.15, 0.2) is 17.1 Å². The molecule has 1 rings (SSSR count). The van der Waals surface area contributed by atoms with Crippen molar-refractivity contribution in [2.24, 2.45) is 10.9 Å². The van der Waals surface area contributed by atoms with E-state index in [1.165, 1.54) is 0 Å². The summed E-state index contributed by atoms with van der Waals surface area (Å²) in [6, 6.07) is 0.217. The summed E-state index contributed by atoms with van der Waals surface area (Å²) in [5, 5.41) is 3.39. The summed E-state index contributed by atoms with van der Waals surface area (Å²) in [6.45, 7) is 8.30. The molecule has 1 aliphatic heterocycles. The molecule has 0 fully saturated rings. The first-order valence-corrected chi connectivity index (χ1v) is 6.81. The van der Waals surface area contributed by atoms with Gasteiger partial charge in [0.25, 0.3) is 0 Å². The average Bonchev–Trinajstić information content (AvgIpc) is 2.55. The molecular weight excluding hydrogens is 269 g/mol. The van der Waals surface area contributed by atoms with Crippen LogP contribution in [0, 0.1) is 5.92 Å². The molecule has 116 valence electrons. The van der Waals surface area contributed by atoms with Crippen LogP contribution >= 0.6 is 0 Å². The Labute approximate surface area is 118 Å². The molecule has 1 N–H and O–H groups in total. The highest BCUT2D eigenvalue weighted by Gasteiger charge is 2.30. The molecule has 6 heteroatoms. The first-order chi connectivity index (χ1) is 9.23. The van der Waals surface area contributed by atoms with Crippen molar-refractivity contribution < 1.29 is 17.9 Å². The van der Waals surface area contributed by atoms with E-state index in [9.17, 15) is 13.2 Å². The predicted molar refractivity (Wildman–Crippen MR) is 74.1 cm³/mol. The lowest BCUT2D eigenvalue weighted by atomic mass is 9.94. The lowest BCUT2D eigenvalue weighted by Crippen LogP contribution is -2.42. The molecule has 5 unspecified atom stereocenters. The van der Waals surface area contributed by atoms with Gasteiger partial charge in [-0.1, -0.05) is 19.1 Å². The summed E-state index contributed by atoms with van der Waals surface area (Å²) >= 11 is 0. The number of aliphatic imine (C=N–C) groups is 1. The van der Waals surface area contributed by atoms with Crippen molar-refractivity contribution in [1.82, 2.24) is 5.32 Å². The van der Waals surface area contributed by atoms with Gasteiger partial charge < -0.3 is 10.1 Å². The van der Waals surface area contributed by atoms with E-state index in [4.69, 9.17) is 4.74 Å². The summed E-state index contributed by atoms with van der Waals surface area (Å²) in [4.78, 5) is 4.00. The number of hydrogen-bond donors (Lipinski definition) is 1. The van der Waals surface area contributed by atoms with E-state index in [0.29, 0.717) is 6.42 Å². The molecule has 0 aromatic rings. The van der Waals surface area contributed by atoms with Crippen LogP contribution in [0.5, 0.6) is 0 Å². The third-order valence-electron chi connectivity index (χ3n) is 3.67. The second-order valence-corrected chi connectivity index (χ2v) is 5.46. The lowest BCUT2D eigenvalue weighted by Gasteiger charge is -2.27. The molecule has 0 saturated heterocycles. The van der Waals surface area contributed by atoms with E-state index < -0.39 is 18.9 Å². The van der Waals surface area contributed by atoms with Crippen LogP contribution in [0.2, 0.25) is 0 Å². The van der Waals surface area contributed by atoms with E-state index in [1.807, 2.05) is 26.8 Å². The van der Waals surface area contributed by atoms with Crippen molar-refractivity contribution >= 4 is 6.72 Å². The number of hydrogen-bond acceptors (Lipinski definition) is 3. The summed E-state index contributed by atoms with van der Waals surface area (Å²) in [7, 11) is 0. The number of ether oxygens (including phenoxy) is 1. The Morgan fingerprint density at radius 3 is 2.60 bits per heavy atom. The Kier molecular flexibility index (Phi) is 6.20. The molecule has 20 heavy (non-hydrogen) atoms. The molecular formula is C14H23F3N2O. The minimum absolute atomic E-state index is 0.0602. The zero-order chi connectivity index (χ0) is 15.3. The fourth-order valence-corrected chi connectivity index (χ4v) is 2.24. The molecule has 0 aliphatic carbocycles. The van der Waals surface area contributed by atoms with Gasteiger partial charge in [0.05, 0.1) is 12.1 Å². The van der Waals surface area contributed by atoms with Crippen molar-refractivity contribution in [3.63, 3.8) is 0 Å². The second kappa shape index (κ2) is 7.22. The van der Waals surface area contributed by atoms with Crippen molar-refractivity contribution in [3.05, 3.63) is 12.2 Å². The number of halogens is 3. The van der Waals surface area contributed by atoms with Crippen LogP contribution in [-0.2, 0) is 4.74 Å². The fraction of sp³-hybridized carbons (Fsp3) is 0.786. The molecule has 0 amide bonds. The smallest absolute Gasteiger partial charge is 0.365 e. The number of nitrogens with zero attached hydrogens (tertiary/aromatic N) is 1. The Morgan fingerprint density at radius 1 is 1.40 bits per heavy atom. The van der Waals surface area contributed by atoms with Gasteiger partial charge in [0.2, 0.25) is 0 Å². The first-order valence-electron chi connectivity index (χ1n) is 6.81. The van der Waals surface area contributed by atoms with Crippen LogP contribution in [0.25, 0.3) is 0 Å². The average molecular weight is 292 g/mol. The Morgan fingerprint density at radius 2 is 2.05 bits per heavy atom. The molecule has 1 aliphatic rings. The zero-order valence-corrected chi connectivity index (χ0v) is 12.2. The Bertz CT molecular complexity index is 344. The number of alkyl halides is 3. The molecule has 1 heterocycles. The summed E-state index contributed by atoms with van der Waals surface area (Å²) < 4.78 is 41.5. The van der Waals surface area contributed by atoms with E-state index in [2.05, 4.69) is 17.0 Å². The van der Waals surface area contributed by atoms with Crippen LogP contribution in [0.1, 0.15) is 27.2 Å². The van der Waals surface area contributed by atoms with Crippen molar-refractivity contribution in [2.75, 3.05) is 6.61 Å². The van der Waals surface area contributed by atoms with Gasteiger partial charge >= 0.3 is 6.18 Å². The van der Waals surface area contributed by atoms with Crippen LogP contribution in [0.3, 0.4) is 0 Å². The standard InChI is InChI=1S/C14H23F3N2O/c1-9-7-12(20-8-14(15,16)17)5-6-13(19-9)10(2)11(3)18-4/h5-6,9-13,19H,4,7-8H2,1-3H3. The van der Waals surface area contributed by atoms with E-state index in [-0.39, 0.29) is 24.0 Å². The monoisotopic (exact) mass is 292 g/mol. The highest BCUT2D eigenvalue weighted by atomic mass is 19.4. The maximum atomic E-state index is 12.2. The maximum absolute atomic E-state index is 12.2. The van der Waals surface area contributed by atoms with Crippen LogP contribution in [-0.4, -0.2) is 43.7 Å². The van der Waals surface area contributed by atoms with Gasteiger partial charge in [-0.2, -0.15) is 13.2 Å². The molecule has 0 bridgehead atoms. The fourth-order valence-electron chi connectivity index (χ4n) is 2.24. The van der Waals surface area contributed by atoms with Gasteiger partial charge in [-0.25, -0.2) is 0 Å². The summed E-state index contributed by atoms with van der Waals surface area (Å²) in [5.74, 6) is 0.215. The highest BCUT2D eigenvalue weighted by Crippen LogP contribution is 2.21. The molecule has 0 saturated carbocycles. The van der Waals surface area contributed by atoms with Gasteiger partial charge in [0, 0.05) is 12.1 Å². The third kappa shape index (κ3) is 5.63. The zero-order valence-electron chi connectivity index (χ0n) is 12.2. The predicted octanol–water partition coefficient (Wildman–Crippen LogP) is 2.97. The van der Waals surface area contributed by atoms with Gasteiger partial charge in [-0.3, -0.25) is 4.99 Å². The minimum Gasteiger partial charge on any atom is -0.365 e. The highest BCUT2D eigenvalue weighted by molar-refractivity contribution is 5.24. The largest absolute Gasteiger partial charge is 0.411 e. The first kappa shape index (κ1) is 17.2. The number of rotatable bonds is 5. The minimum atomic E-state index is -4.29. The van der Waals surface area contributed by atoms with Crippen LogP contribution in [0.4, 0.5) is 13.2 Å². The van der Waals surface area contributed by atoms with Crippen molar-refractivity contribution in [2.45, 2.75) is 57.6 Å². The van der Waals surface area contributed by atoms with E-state index in [0.717, 1.165) is 0 Å². The van der Waals surface area contributed by atoms with Gasteiger partial charge in [-0.15, -0.1) is 0 Å². The Balaban J connectivity index is 2.64. The summed E-state index contributed by atoms with van der Waals surface area (Å²) in [5.41, 5.74) is 0. The van der Waals surface area contributed by atoms with E-state index in [1.54, 1.807) is 6.08 Å². The number of nitrogens with one attached hydrogen (secondary N) is 1. The van der Waals surface area contributed by atoms with E-state index >= 15 is 0 Å². The topological polar surface area (TPSA) is 33.6 Å². The summed E-state index contributed by atoms with van der Waals surface area (Å²) in [6.07, 6.45) is -0.671. The molecule has 3 nitrogen and oxygen atoms in total. The molecule has 0 spiro atoms. The second-order valence-electron chi connectivity index (χ2n) is 5.46. The normalized spacial score (nSPS) is 30.6. The molecule has 0 aromatic heterocycles. The third-order valence-corrected chi connectivity index (χ3v) is 3.67.